The van der Waals surface area contributed by atoms with Gasteiger partial charge in [-0.05, 0) is 214 Å². The lowest BCUT2D eigenvalue weighted by molar-refractivity contribution is -0.141. The van der Waals surface area contributed by atoms with Crippen molar-refractivity contribution in [3.63, 3.8) is 0 Å². The van der Waals surface area contributed by atoms with Crippen LogP contribution >= 0.6 is 0 Å². The lowest BCUT2D eigenvalue weighted by Crippen LogP contribution is -2.40. The standard InChI is InChI=1S/C106H134O25Si/c1-105(2,3)132(15,16)131-71-87-70-89(116-6)86(68-78(87)47-48-103(114)124-14)69-85-46-40-77(67-95(85)130-55-25-34-102(113)123-13)61-84-45-39-76(66-94(84)129-54-24-33-101(112)122-12)60-83-44-38-75(65-93(83)128-53-23-32-100(111)121-11)59-82-43-37-74(64-92(82)127-52-22-31-99(110)120-10)58-81-42-36-73(63-91(81)126-51-21-30-98(109)119-9)57-80-41-35-72(62-90(80)125-50-20-29-97(108)118-8)56-79-26-17-18-27-88(79)104(115)106(4,5)49-19-28-96(107)117-7/h17-18,26-27,35-46,62-68,70H,19-25,28-34,47-61,69,71H2,1-16H3. The second-order valence-electron chi connectivity index (χ2n) is 34.9. The molecule has 8 rings (SSSR count). The Labute approximate surface area is 779 Å². The zero-order valence-electron chi connectivity index (χ0n) is 80.0. The second-order valence-corrected chi connectivity index (χ2v) is 39.7. The molecule has 132 heavy (non-hydrogen) atoms. The Bertz CT molecular complexity index is 5170. The highest BCUT2D eigenvalue weighted by molar-refractivity contribution is 6.74. The number of Topliss-reactive ketones (excluding diaryl/α,β-unsaturated/α-hetero) is 1. The van der Waals surface area contributed by atoms with E-state index in [4.69, 9.17) is 75.5 Å². The molecule has 0 saturated heterocycles. The number of benzene rings is 8. The Hall–Kier alpha value is -12.0. The molecule has 0 N–H and O–H groups in total. The molecule has 8 aromatic carbocycles. The van der Waals surface area contributed by atoms with Crippen LogP contribution in [0.25, 0.3) is 0 Å². The molecule has 0 fully saturated rings. The Kier molecular flexibility index (Phi) is 42.7. The summed E-state index contributed by atoms with van der Waals surface area (Å²) >= 11 is 0. The largest absolute Gasteiger partial charge is 0.496 e. The Balaban J connectivity index is 1.11. The third-order valence-corrected chi connectivity index (χ3v) is 28.2. The van der Waals surface area contributed by atoms with Crippen LogP contribution in [-0.2, 0) is 139 Å². The molecule has 0 bridgehead atoms. The quantitative estimate of drug-likeness (QED) is 0.0112. The van der Waals surface area contributed by atoms with Crippen LogP contribution in [0.3, 0.4) is 0 Å². The number of carbonyl (C=O) groups is 9. The molecule has 0 aliphatic rings. The number of carbonyl (C=O) groups excluding carboxylic acids is 9. The van der Waals surface area contributed by atoms with Gasteiger partial charge in [0.2, 0.25) is 0 Å². The molecule has 0 atom stereocenters. The SMILES string of the molecule is COC(=O)CCCOc1cc(Cc2ccc(Cc3ccc(Cc4ccccc4C(=O)C(C)(C)CCCC(=O)OC)cc3OCCCC(=O)OC)cc2OCCCC(=O)OC)ccc1Cc1ccc(Cc2ccc(Cc3ccc(Cc4cc(CCC(=O)OC)c(CO[Si](C)(C)C(C)(C)C)cc4OC)c(OCCCC(=O)OC)c3)c(OCCCC(=O)OC)c2)c(OCCCC(=O)OC)c1. The highest BCUT2D eigenvalue weighted by Crippen LogP contribution is 2.41. The van der Waals surface area contributed by atoms with Gasteiger partial charge in [-0.15, -0.1) is 0 Å². The lowest BCUT2D eigenvalue weighted by Gasteiger charge is -2.36. The van der Waals surface area contributed by atoms with Crippen LogP contribution in [0.2, 0.25) is 18.1 Å². The van der Waals surface area contributed by atoms with E-state index >= 15 is 0 Å². The molecule has 26 heteroatoms. The van der Waals surface area contributed by atoms with Crippen LogP contribution in [0.1, 0.15) is 237 Å². The Morgan fingerprint density at radius 1 is 0.273 bits per heavy atom. The summed E-state index contributed by atoms with van der Waals surface area (Å²) < 4.78 is 92.3. The molecule has 0 aliphatic carbocycles. The number of hydrogen-bond acceptors (Lipinski definition) is 25. The van der Waals surface area contributed by atoms with Gasteiger partial charge >= 0.3 is 47.8 Å². The minimum Gasteiger partial charge on any atom is -0.496 e. The minimum atomic E-state index is -2.18. The number of aryl methyl sites for hydroxylation is 1. The van der Waals surface area contributed by atoms with Crippen LogP contribution in [0.4, 0.5) is 0 Å². The number of esters is 8. The van der Waals surface area contributed by atoms with E-state index in [0.717, 1.165) is 89.0 Å². The molecule has 0 amide bonds. The molecule has 0 saturated carbocycles. The summed E-state index contributed by atoms with van der Waals surface area (Å²) in [5.74, 6) is 1.45. The predicted molar refractivity (Wildman–Crippen MR) is 505 cm³/mol. The van der Waals surface area contributed by atoms with E-state index in [1.54, 1.807) is 7.11 Å². The van der Waals surface area contributed by atoms with Gasteiger partial charge in [-0.2, -0.15) is 0 Å². The average Bonchev–Trinajstić information content (AvgIpc) is 0.805. The molecular weight excluding hydrogens is 1700 g/mol. The van der Waals surface area contributed by atoms with E-state index < -0.39 is 13.7 Å². The first-order chi connectivity index (χ1) is 63.3. The summed E-state index contributed by atoms with van der Waals surface area (Å²) in [4.78, 5) is 113. The average molecular weight is 1840 g/mol. The summed E-state index contributed by atoms with van der Waals surface area (Å²) in [6, 6.07) is 48.2. The van der Waals surface area contributed by atoms with Crippen molar-refractivity contribution in [1.29, 1.82) is 0 Å². The monoisotopic (exact) mass is 1830 g/mol. The highest BCUT2D eigenvalue weighted by atomic mass is 28.4. The fraction of sp³-hybridized carbons (Fsp3) is 0.462. The zero-order chi connectivity index (χ0) is 95.8. The van der Waals surface area contributed by atoms with Crippen LogP contribution in [0.5, 0.6) is 40.2 Å². The molecule has 0 spiro atoms. The van der Waals surface area contributed by atoms with Gasteiger partial charge in [-0.1, -0.05) is 138 Å². The molecule has 25 nitrogen and oxygen atoms in total. The van der Waals surface area contributed by atoms with Crippen LogP contribution < -0.4 is 33.2 Å². The molecule has 0 aliphatic heterocycles. The van der Waals surface area contributed by atoms with E-state index in [-0.39, 0.29) is 150 Å². The summed E-state index contributed by atoms with van der Waals surface area (Å²) in [5, 5.41) is -0.0333. The molecule has 0 unspecified atom stereocenters. The van der Waals surface area contributed by atoms with Gasteiger partial charge in [0.05, 0.1) is 110 Å². The lowest BCUT2D eigenvalue weighted by atomic mass is 9.78. The summed E-state index contributed by atoms with van der Waals surface area (Å²) in [7, 11) is 10.3. The van der Waals surface area contributed by atoms with Crippen molar-refractivity contribution in [1.82, 2.24) is 0 Å². The smallest absolute Gasteiger partial charge is 0.305 e. The van der Waals surface area contributed by atoms with Crippen LogP contribution in [0.15, 0.2) is 146 Å². The number of methoxy groups -OCH3 is 9. The van der Waals surface area contributed by atoms with Gasteiger partial charge in [0.15, 0.2) is 14.1 Å². The third kappa shape index (κ3) is 34.0. The molecule has 0 aromatic heterocycles. The maximum absolute atomic E-state index is 14.3. The van der Waals surface area contributed by atoms with E-state index in [9.17, 15) is 43.2 Å². The van der Waals surface area contributed by atoms with Crippen molar-refractivity contribution in [3.05, 3.63) is 240 Å². The number of hydrogen-bond donors (Lipinski definition) is 0. The van der Waals surface area contributed by atoms with Gasteiger partial charge in [0, 0.05) is 101 Å². The van der Waals surface area contributed by atoms with Crippen molar-refractivity contribution in [2.24, 2.45) is 5.41 Å². The summed E-state index contributed by atoms with van der Waals surface area (Å²) in [5.41, 5.74) is 14.0. The number of rotatable bonds is 57. The molecular formula is C106H134O25Si. The van der Waals surface area contributed by atoms with E-state index in [0.29, 0.717) is 155 Å². The van der Waals surface area contributed by atoms with Crippen molar-refractivity contribution in [3.8, 4) is 40.2 Å². The van der Waals surface area contributed by atoms with Gasteiger partial charge in [0.1, 0.15) is 40.2 Å². The van der Waals surface area contributed by atoms with Crippen molar-refractivity contribution >= 4 is 61.9 Å². The molecule has 0 heterocycles. The summed E-state index contributed by atoms with van der Waals surface area (Å²) in [6.45, 7) is 16.4. The zero-order valence-corrected chi connectivity index (χ0v) is 81.0. The molecule has 0 radical (unpaired) electrons. The van der Waals surface area contributed by atoms with Gasteiger partial charge in [0.25, 0.3) is 0 Å². The second kappa shape index (κ2) is 53.5. The minimum absolute atomic E-state index is 0.0242. The highest BCUT2D eigenvalue weighted by Gasteiger charge is 2.38. The maximum Gasteiger partial charge on any atom is 0.305 e. The van der Waals surface area contributed by atoms with Gasteiger partial charge in [-0.25, -0.2) is 0 Å². The van der Waals surface area contributed by atoms with Crippen molar-refractivity contribution in [2.45, 2.75) is 213 Å². The van der Waals surface area contributed by atoms with Crippen molar-refractivity contribution in [2.75, 3.05) is 104 Å². The van der Waals surface area contributed by atoms with E-state index in [1.807, 2.05) is 135 Å². The predicted octanol–water partition coefficient (Wildman–Crippen LogP) is 19.0. The first kappa shape index (κ1) is 105. The van der Waals surface area contributed by atoms with Crippen LogP contribution in [0, 0.1) is 5.41 Å². The Morgan fingerprint density at radius 3 is 0.833 bits per heavy atom. The molecule has 712 valence electrons. The van der Waals surface area contributed by atoms with E-state index in [1.165, 1.54) is 56.9 Å². The Morgan fingerprint density at radius 2 is 0.545 bits per heavy atom. The third-order valence-electron chi connectivity index (χ3n) is 23.7. The van der Waals surface area contributed by atoms with E-state index in [2.05, 4.69) is 58.1 Å². The molecule has 8 aromatic rings. The van der Waals surface area contributed by atoms with Gasteiger partial charge < -0.3 is 75.5 Å². The fourth-order valence-corrected chi connectivity index (χ4v) is 15.8. The topological polar surface area (TPSA) is 301 Å². The number of ether oxygens (including phenoxy) is 15. The number of ketones is 1. The van der Waals surface area contributed by atoms with Crippen LogP contribution in [-0.4, -0.2) is 165 Å². The fourth-order valence-electron chi connectivity index (χ4n) is 14.8. The first-order valence-corrected chi connectivity index (χ1v) is 48.2. The maximum atomic E-state index is 14.3. The van der Waals surface area contributed by atoms with Crippen molar-refractivity contribution < 1.29 is 119 Å². The first-order valence-electron chi connectivity index (χ1n) is 45.3. The normalized spacial score (nSPS) is 11.4. The van der Waals surface area contributed by atoms with Gasteiger partial charge in [-0.3, -0.25) is 43.2 Å². The summed E-state index contributed by atoms with van der Waals surface area (Å²) in [6.07, 6.45) is 7.92.